The molecule has 0 aliphatic rings. The van der Waals surface area contributed by atoms with Gasteiger partial charge in [0, 0.05) is 13.5 Å². The molecule has 0 aliphatic heterocycles. The normalized spacial score (nSPS) is 9.00. The summed E-state index contributed by atoms with van der Waals surface area (Å²) in [7, 11) is 0. The smallest absolute Gasteiger partial charge is 0.302 e. The molecule has 90 valence electrons. The van der Waals surface area contributed by atoms with Crippen molar-refractivity contribution in [3.63, 3.8) is 0 Å². The zero-order valence-corrected chi connectivity index (χ0v) is 10.2. The van der Waals surface area contributed by atoms with E-state index in [1.807, 2.05) is 12.1 Å². The van der Waals surface area contributed by atoms with Crippen LogP contribution >= 0.6 is 0 Å². The Balaban J connectivity index is 0.000000325. The Morgan fingerprint density at radius 2 is 1.88 bits per heavy atom. The Morgan fingerprint density at radius 1 is 1.31 bits per heavy atom. The molecule has 0 bridgehead atoms. The van der Waals surface area contributed by atoms with Gasteiger partial charge in [-0.2, -0.15) is 0 Å². The number of aliphatic hydroxyl groups is 1. The van der Waals surface area contributed by atoms with E-state index in [1.54, 1.807) is 6.92 Å². The van der Waals surface area contributed by atoms with Gasteiger partial charge in [0.25, 0.3) is 0 Å². The molecule has 0 unspecified atom stereocenters. The molecule has 0 aliphatic carbocycles. The summed E-state index contributed by atoms with van der Waals surface area (Å²) in [6, 6.07) is 8.22. The number of hydrogen-bond acceptors (Lipinski definition) is 3. The Kier molecular flexibility index (Phi) is 8.17. The van der Waals surface area contributed by atoms with Crippen molar-refractivity contribution in [2.24, 2.45) is 0 Å². The van der Waals surface area contributed by atoms with E-state index in [1.165, 1.54) is 18.1 Å². The lowest BCUT2D eigenvalue weighted by atomic mass is 10.1. The van der Waals surface area contributed by atoms with E-state index in [9.17, 15) is 4.79 Å². The fraction of sp³-hybridized carbons (Fsp3) is 0.462. The number of aliphatic hydroxyl groups excluding tert-OH is 1. The molecule has 0 fully saturated rings. The van der Waals surface area contributed by atoms with Crippen LogP contribution in [-0.4, -0.2) is 24.3 Å². The molecule has 0 atom stereocenters. The highest BCUT2D eigenvalue weighted by molar-refractivity contribution is 5.65. The molecule has 0 aromatic heterocycles. The molecular formula is C13H20O3. The average Bonchev–Trinajstić information content (AvgIpc) is 2.22. The van der Waals surface area contributed by atoms with Crippen LogP contribution in [0.4, 0.5) is 0 Å². The molecule has 1 aromatic carbocycles. The quantitative estimate of drug-likeness (QED) is 0.800. The van der Waals surface area contributed by atoms with Crippen LogP contribution in [0.25, 0.3) is 0 Å². The molecule has 0 heterocycles. The van der Waals surface area contributed by atoms with Crippen molar-refractivity contribution in [3.05, 3.63) is 35.4 Å². The number of ether oxygens (including phenoxy) is 1. The summed E-state index contributed by atoms with van der Waals surface area (Å²) in [5.41, 5.74) is 2.47. The van der Waals surface area contributed by atoms with Crippen LogP contribution in [0.3, 0.4) is 0 Å². The lowest BCUT2D eigenvalue weighted by Crippen LogP contribution is -1.95. The van der Waals surface area contributed by atoms with E-state index < -0.39 is 0 Å². The van der Waals surface area contributed by atoms with Gasteiger partial charge < -0.3 is 9.84 Å². The van der Waals surface area contributed by atoms with Crippen molar-refractivity contribution < 1.29 is 14.6 Å². The summed E-state index contributed by atoms with van der Waals surface area (Å²) >= 11 is 0. The number of benzene rings is 1. The second kappa shape index (κ2) is 8.92. The summed E-state index contributed by atoms with van der Waals surface area (Å²) in [4.78, 5) is 9.82. The highest BCUT2D eigenvalue weighted by atomic mass is 16.5. The minimum Gasteiger partial charge on any atom is -0.466 e. The second-order valence-corrected chi connectivity index (χ2v) is 3.38. The van der Waals surface area contributed by atoms with Crippen LogP contribution in [0.15, 0.2) is 24.3 Å². The average molecular weight is 224 g/mol. The standard InChI is InChI=1S/C9H12O.C4H8O2/c1-8-2-4-9(5-3-8)6-7-10;1-3-6-4(2)5/h2-5,10H,6-7H2,1H3;3H2,1-2H3. The summed E-state index contributed by atoms with van der Waals surface area (Å²) in [5.74, 6) is -0.211. The zero-order valence-electron chi connectivity index (χ0n) is 10.2. The Morgan fingerprint density at radius 3 is 2.19 bits per heavy atom. The minimum absolute atomic E-state index is 0.211. The third-order valence-corrected chi connectivity index (χ3v) is 1.87. The fourth-order valence-electron chi connectivity index (χ4n) is 1.09. The maximum absolute atomic E-state index is 9.82. The highest BCUT2D eigenvalue weighted by Crippen LogP contribution is 2.02. The third kappa shape index (κ3) is 8.00. The van der Waals surface area contributed by atoms with E-state index in [4.69, 9.17) is 5.11 Å². The van der Waals surface area contributed by atoms with E-state index >= 15 is 0 Å². The third-order valence-electron chi connectivity index (χ3n) is 1.87. The van der Waals surface area contributed by atoms with Gasteiger partial charge in [-0.3, -0.25) is 4.79 Å². The molecule has 1 aromatic rings. The van der Waals surface area contributed by atoms with Gasteiger partial charge in [0.05, 0.1) is 6.61 Å². The van der Waals surface area contributed by atoms with Gasteiger partial charge in [0.15, 0.2) is 0 Å². The number of hydrogen-bond donors (Lipinski definition) is 1. The van der Waals surface area contributed by atoms with Crippen LogP contribution in [0.2, 0.25) is 0 Å². The van der Waals surface area contributed by atoms with Gasteiger partial charge in [0.2, 0.25) is 0 Å². The van der Waals surface area contributed by atoms with Crippen molar-refractivity contribution in [2.75, 3.05) is 13.2 Å². The lowest BCUT2D eigenvalue weighted by molar-refractivity contribution is -0.140. The van der Waals surface area contributed by atoms with Crippen molar-refractivity contribution in [3.8, 4) is 0 Å². The van der Waals surface area contributed by atoms with Gasteiger partial charge in [-0.15, -0.1) is 0 Å². The summed E-state index contributed by atoms with van der Waals surface area (Å²) in [6.07, 6.45) is 0.764. The van der Waals surface area contributed by atoms with Crippen LogP contribution in [0, 0.1) is 6.92 Å². The van der Waals surface area contributed by atoms with Crippen molar-refractivity contribution >= 4 is 5.97 Å². The van der Waals surface area contributed by atoms with Crippen LogP contribution < -0.4 is 0 Å². The highest BCUT2D eigenvalue weighted by Gasteiger charge is 1.88. The first-order valence-corrected chi connectivity index (χ1v) is 5.40. The van der Waals surface area contributed by atoms with E-state index in [-0.39, 0.29) is 12.6 Å². The van der Waals surface area contributed by atoms with E-state index in [0.717, 1.165) is 6.42 Å². The number of carbonyl (C=O) groups excluding carboxylic acids is 1. The zero-order chi connectivity index (χ0) is 12.4. The molecular weight excluding hydrogens is 204 g/mol. The minimum atomic E-state index is -0.211. The monoisotopic (exact) mass is 224 g/mol. The molecule has 1 N–H and O–H groups in total. The van der Waals surface area contributed by atoms with E-state index in [2.05, 4.69) is 23.8 Å². The summed E-state index contributed by atoms with van der Waals surface area (Å²) in [5, 5.41) is 8.59. The SMILES string of the molecule is CCOC(C)=O.Cc1ccc(CCO)cc1. The maximum atomic E-state index is 9.82. The van der Waals surface area contributed by atoms with Crippen molar-refractivity contribution in [1.82, 2.24) is 0 Å². The van der Waals surface area contributed by atoms with Gasteiger partial charge >= 0.3 is 5.97 Å². The predicted octanol–water partition coefficient (Wildman–Crippen LogP) is 2.10. The van der Waals surface area contributed by atoms with Crippen LogP contribution in [0.1, 0.15) is 25.0 Å². The molecule has 16 heavy (non-hydrogen) atoms. The first kappa shape index (κ1) is 14.6. The number of rotatable bonds is 3. The van der Waals surface area contributed by atoms with Gasteiger partial charge in [0.1, 0.15) is 0 Å². The molecule has 0 spiro atoms. The van der Waals surface area contributed by atoms with Crippen molar-refractivity contribution in [1.29, 1.82) is 0 Å². The topological polar surface area (TPSA) is 46.5 Å². The number of esters is 1. The van der Waals surface area contributed by atoms with Crippen LogP contribution in [-0.2, 0) is 16.0 Å². The molecule has 1 rings (SSSR count). The summed E-state index contributed by atoms with van der Waals surface area (Å²) < 4.78 is 4.40. The van der Waals surface area contributed by atoms with Gasteiger partial charge in [-0.05, 0) is 25.8 Å². The van der Waals surface area contributed by atoms with Gasteiger partial charge in [-0.25, -0.2) is 0 Å². The molecule has 3 heteroatoms. The Bertz CT molecular complexity index is 291. The van der Waals surface area contributed by atoms with Gasteiger partial charge in [-0.1, -0.05) is 29.8 Å². The molecule has 0 radical (unpaired) electrons. The molecule has 0 amide bonds. The first-order chi connectivity index (χ1) is 7.60. The second-order valence-electron chi connectivity index (χ2n) is 3.38. The molecule has 0 saturated carbocycles. The summed E-state index contributed by atoms with van der Waals surface area (Å²) in [6.45, 7) is 5.95. The Labute approximate surface area is 97.1 Å². The van der Waals surface area contributed by atoms with Crippen LogP contribution in [0.5, 0.6) is 0 Å². The molecule has 3 nitrogen and oxygen atoms in total. The largest absolute Gasteiger partial charge is 0.466 e. The van der Waals surface area contributed by atoms with Crippen molar-refractivity contribution in [2.45, 2.75) is 27.2 Å². The number of carbonyl (C=O) groups is 1. The first-order valence-electron chi connectivity index (χ1n) is 5.40. The lowest BCUT2D eigenvalue weighted by Gasteiger charge is -1.96. The Hall–Kier alpha value is -1.35. The molecule has 0 saturated heterocycles. The van der Waals surface area contributed by atoms with E-state index in [0.29, 0.717) is 6.61 Å². The number of aryl methyl sites for hydroxylation is 1. The fourth-order valence-corrected chi connectivity index (χ4v) is 1.09. The predicted molar refractivity (Wildman–Crippen MR) is 64.3 cm³/mol. The maximum Gasteiger partial charge on any atom is 0.302 e.